The molecule has 96 valence electrons. The van der Waals surface area contributed by atoms with Crippen molar-refractivity contribution in [3.8, 4) is 0 Å². The maximum absolute atomic E-state index is 4.90. The van der Waals surface area contributed by atoms with Crippen molar-refractivity contribution >= 4 is 11.3 Å². The molecule has 1 aliphatic rings. The third-order valence-electron chi connectivity index (χ3n) is 3.50. The zero-order valence-electron chi connectivity index (χ0n) is 11.3. The average molecular weight is 252 g/mol. The number of aryl methyl sites for hydroxylation is 2. The van der Waals surface area contributed by atoms with E-state index in [1.807, 2.05) is 18.4 Å². The summed E-state index contributed by atoms with van der Waals surface area (Å²) >= 11 is 1.97. The largest absolute Gasteiger partial charge is 0.319 e. The number of aromatic nitrogens is 1. The highest BCUT2D eigenvalue weighted by molar-refractivity contribution is 7.11. The van der Waals surface area contributed by atoms with Gasteiger partial charge in [0.2, 0.25) is 0 Å². The molecule has 0 aromatic carbocycles. The third-order valence-corrected chi connectivity index (χ3v) is 4.69. The first-order valence-corrected chi connectivity index (χ1v) is 7.65. The molecule has 0 bridgehead atoms. The standard InChI is InChI=1S/C14H24N2S/c1-10(2)7-8-13-16-14-11(9-15-3)5-4-6-12(14)17-13/h10-11,15H,4-9H2,1-3H3. The minimum Gasteiger partial charge on any atom is -0.319 e. The zero-order chi connectivity index (χ0) is 12.3. The Balaban J connectivity index is 2.07. The highest BCUT2D eigenvalue weighted by Crippen LogP contribution is 2.34. The summed E-state index contributed by atoms with van der Waals surface area (Å²) in [6.45, 7) is 5.66. The van der Waals surface area contributed by atoms with Crippen LogP contribution in [0.2, 0.25) is 0 Å². The molecule has 2 nitrogen and oxygen atoms in total. The SMILES string of the molecule is CNCC1CCCc2sc(CCC(C)C)nc21. The number of likely N-dealkylation sites (N-methyl/N-ethyl adjacent to an activating group) is 1. The summed E-state index contributed by atoms with van der Waals surface area (Å²) in [5.74, 6) is 1.44. The van der Waals surface area contributed by atoms with Gasteiger partial charge in [0.25, 0.3) is 0 Å². The van der Waals surface area contributed by atoms with Gasteiger partial charge in [-0.15, -0.1) is 11.3 Å². The first-order valence-electron chi connectivity index (χ1n) is 6.83. The van der Waals surface area contributed by atoms with Gasteiger partial charge in [0.1, 0.15) is 0 Å². The van der Waals surface area contributed by atoms with Gasteiger partial charge in [0.05, 0.1) is 10.7 Å². The Labute approximate surface area is 109 Å². The van der Waals surface area contributed by atoms with Crippen LogP contribution in [0.15, 0.2) is 0 Å². The number of nitrogens with zero attached hydrogens (tertiary/aromatic N) is 1. The fraction of sp³-hybridized carbons (Fsp3) is 0.786. The Morgan fingerprint density at radius 2 is 2.29 bits per heavy atom. The zero-order valence-corrected chi connectivity index (χ0v) is 12.1. The quantitative estimate of drug-likeness (QED) is 0.869. The van der Waals surface area contributed by atoms with Crippen molar-refractivity contribution in [2.45, 2.75) is 51.9 Å². The number of thiazole rings is 1. The summed E-state index contributed by atoms with van der Waals surface area (Å²) in [5, 5.41) is 4.67. The van der Waals surface area contributed by atoms with Gasteiger partial charge in [-0.1, -0.05) is 13.8 Å². The lowest BCUT2D eigenvalue weighted by molar-refractivity contribution is 0.520. The minimum absolute atomic E-state index is 0.660. The van der Waals surface area contributed by atoms with E-state index in [2.05, 4.69) is 19.2 Å². The van der Waals surface area contributed by atoms with Gasteiger partial charge < -0.3 is 5.32 Å². The summed E-state index contributed by atoms with van der Waals surface area (Å²) in [5.41, 5.74) is 1.41. The van der Waals surface area contributed by atoms with Crippen LogP contribution in [0.5, 0.6) is 0 Å². The second kappa shape index (κ2) is 5.96. The molecule has 0 radical (unpaired) electrons. The van der Waals surface area contributed by atoms with Gasteiger partial charge in [0.15, 0.2) is 0 Å². The van der Waals surface area contributed by atoms with Crippen molar-refractivity contribution in [1.29, 1.82) is 0 Å². The van der Waals surface area contributed by atoms with Gasteiger partial charge in [0, 0.05) is 17.3 Å². The Morgan fingerprint density at radius 1 is 1.47 bits per heavy atom. The highest BCUT2D eigenvalue weighted by atomic mass is 32.1. The van der Waals surface area contributed by atoms with Gasteiger partial charge in [-0.3, -0.25) is 0 Å². The van der Waals surface area contributed by atoms with Crippen LogP contribution in [-0.4, -0.2) is 18.6 Å². The van der Waals surface area contributed by atoms with E-state index < -0.39 is 0 Å². The van der Waals surface area contributed by atoms with Crippen molar-refractivity contribution in [2.24, 2.45) is 5.92 Å². The molecule has 1 aliphatic carbocycles. The Morgan fingerprint density at radius 3 is 3.00 bits per heavy atom. The molecule has 0 spiro atoms. The van der Waals surface area contributed by atoms with E-state index in [4.69, 9.17) is 4.98 Å². The second-order valence-corrected chi connectivity index (χ2v) is 6.66. The molecule has 0 aliphatic heterocycles. The number of nitrogens with one attached hydrogen (secondary N) is 1. The number of hydrogen-bond donors (Lipinski definition) is 1. The fourth-order valence-corrected chi connectivity index (χ4v) is 3.73. The molecule has 2 rings (SSSR count). The molecule has 1 aromatic rings. The van der Waals surface area contributed by atoms with Crippen LogP contribution >= 0.6 is 11.3 Å². The van der Waals surface area contributed by atoms with Crippen LogP contribution < -0.4 is 5.32 Å². The number of fused-ring (bicyclic) bond motifs is 1. The maximum Gasteiger partial charge on any atom is 0.0931 e. The third kappa shape index (κ3) is 3.29. The van der Waals surface area contributed by atoms with Gasteiger partial charge in [-0.2, -0.15) is 0 Å². The fourth-order valence-electron chi connectivity index (χ4n) is 2.52. The lowest BCUT2D eigenvalue weighted by Crippen LogP contribution is -2.21. The molecule has 0 saturated heterocycles. The molecule has 1 unspecified atom stereocenters. The topological polar surface area (TPSA) is 24.9 Å². The molecule has 3 heteroatoms. The van der Waals surface area contributed by atoms with Crippen molar-refractivity contribution in [2.75, 3.05) is 13.6 Å². The predicted octanol–water partition coefficient (Wildman–Crippen LogP) is 3.37. The monoisotopic (exact) mass is 252 g/mol. The molecule has 17 heavy (non-hydrogen) atoms. The highest BCUT2D eigenvalue weighted by Gasteiger charge is 2.23. The van der Waals surface area contributed by atoms with Crippen LogP contribution in [0.1, 0.15) is 54.6 Å². The van der Waals surface area contributed by atoms with Crippen LogP contribution in [-0.2, 0) is 12.8 Å². The number of hydrogen-bond acceptors (Lipinski definition) is 3. The van der Waals surface area contributed by atoms with Crippen molar-refractivity contribution in [3.63, 3.8) is 0 Å². The van der Waals surface area contributed by atoms with E-state index in [-0.39, 0.29) is 0 Å². The second-order valence-electron chi connectivity index (χ2n) is 5.50. The molecule has 1 heterocycles. The van der Waals surface area contributed by atoms with Crippen molar-refractivity contribution < 1.29 is 0 Å². The van der Waals surface area contributed by atoms with Crippen LogP contribution in [0.3, 0.4) is 0 Å². The van der Waals surface area contributed by atoms with E-state index in [0.717, 1.165) is 12.5 Å². The van der Waals surface area contributed by atoms with E-state index in [1.165, 1.54) is 42.8 Å². The van der Waals surface area contributed by atoms with Crippen LogP contribution in [0.4, 0.5) is 0 Å². The van der Waals surface area contributed by atoms with Gasteiger partial charge in [-0.25, -0.2) is 4.98 Å². The van der Waals surface area contributed by atoms with E-state index >= 15 is 0 Å². The van der Waals surface area contributed by atoms with Crippen molar-refractivity contribution in [1.82, 2.24) is 10.3 Å². The Hall–Kier alpha value is -0.410. The molecule has 1 atom stereocenters. The summed E-state index contributed by atoms with van der Waals surface area (Å²) in [7, 11) is 2.04. The lowest BCUT2D eigenvalue weighted by atomic mass is 9.91. The predicted molar refractivity (Wildman–Crippen MR) is 74.9 cm³/mol. The molecular formula is C14H24N2S. The smallest absolute Gasteiger partial charge is 0.0931 e. The molecule has 1 N–H and O–H groups in total. The molecule has 1 aromatic heterocycles. The molecular weight excluding hydrogens is 228 g/mol. The first-order chi connectivity index (χ1) is 8.20. The summed E-state index contributed by atoms with van der Waals surface area (Å²) in [6, 6.07) is 0. The van der Waals surface area contributed by atoms with E-state index in [0.29, 0.717) is 5.92 Å². The van der Waals surface area contributed by atoms with Gasteiger partial charge in [-0.05, 0) is 45.1 Å². The van der Waals surface area contributed by atoms with E-state index in [1.54, 1.807) is 4.88 Å². The average Bonchev–Trinajstić information content (AvgIpc) is 2.71. The lowest BCUT2D eigenvalue weighted by Gasteiger charge is -2.20. The number of rotatable bonds is 5. The normalized spacial score (nSPS) is 19.6. The minimum atomic E-state index is 0.660. The Kier molecular flexibility index (Phi) is 4.57. The summed E-state index contributed by atoms with van der Waals surface area (Å²) in [6.07, 6.45) is 6.34. The van der Waals surface area contributed by atoms with Crippen LogP contribution in [0, 0.1) is 5.92 Å². The Bertz CT molecular complexity index is 357. The molecule has 0 saturated carbocycles. The molecule has 0 fully saturated rings. The molecule has 0 amide bonds. The van der Waals surface area contributed by atoms with Crippen molar-refractivity contribution in [3.05, 3.63) is 15.6 Å². The van der Waals surface area contributed by atoms with Crippen LogP contribution in [0.25, 0.3) is 0 Å². The summed E-state index contributed by atoms with van der Waals surface area (Å²) in [4.78, 5) is 6.47. The van der Waals surface area contributed by atoms with Gasteiger partial charge >= 0.3 is 0 Å². The summed E-state index contributed by atoms with van der Waals surface area (Å²) < 4.78 is 0. The maximum atomic E-state index is 4.90. The van der Waals surface area contributed by atoms with E-state index in [9.17, 15) is 0 Å². The first kappa shape index (κ1) is 13.0.